The van der Waals surface area contributed by atoms with E-state index in [4.69, 9.17) is 46.5 Å². The van der Waals surface area contributed by atoms with Crippen molar-refractivity contribution in [1.82, 2.24) is 10.3 Å². The molecule has 0 atom stereocenters. The molecule has 6 rings (SSSR count). The van der Waals surface area contributed by atoms with E-state index in [-0.39, 0.29) is 0 Å². The molecule has 10 heteroatoms. The van der Waals surface area contributed by atoms with Gasteiger partial charge in [-0.25, -0.2) is 0 Å². The number of rotatable bonds is 9. The lowest BCUT2D eigenvalue weighted by Gasteiger charge is -2.08. The van der Waals surface area contributed by atoms with Gasteiger partial charge in [-0.2, -0.15) is 0 Å². The van der Waals surface area contributed by atoms with Crippen molar-refractivity contribution in [2.24, 2.45) is 0 Å². The van der Waals surface area contributed by atoms with Crippen molar-refractivity contribution < 1.29 is 28.1 Å². The number of carbonyl (C=O) groups excluding carboxylic acids is 1. The number of benzene rings is 2. The molecule has 2 fully saturated rings. The van der Waals surface area contributed by atoms with Crippen molar-refractivity contribution in [3.8, 4) is 34.0 Å². The van der Waals surface area contributed by atoms with E-state index < -0.39 is 0 Å². The zero-order valence-electron chi connectivity index (χ0n) is 22.3. The van der Waals surface area contributed by atoms with Gasteiger partial charge in [-0.1, -0.05) is 45.6 Å². The van der Waals surface area contributed by atoms with Gasteiger partial charge in [0.1, 0.15) is 28.6 Å². The number of nitrogens with zero attached hydrogens (tertiary/aromatic N) is 2. The van der Waals surface area contributed by atoms with Crippen LogP contribution < -0.4 is 9.47 Å². The zero-order chi connectivity index (χ0) is 28.2. The Morgan fingerprint density at radius 1 is 0.775 bits per heavy atom. The van der Waals surface area contributed by atoms with Gasteiger partial charge in [0.2, 0.25) is 0 Å². The highest BCUT2D eigenvalue weighted by Gasteiger charge is 2.34. The molecule has 0 radical (unpaired) electrons. The minimum absolute atomic E-state index is 0.315. The molecule has 8 nitrogen and oxygen atoms in total. The Morgan fingerprint density at radius 3 is 1.68 bits per heavy atom. The van der Waals surface area contributed by atoms with E-state index in [1.807, 2.05) is 24.3 Å². The number of halogens is 2. The molecule has 2 saturated carbocycles. The Hall–Kier alpha value is -3.75. The summed E-state index contributed by atoms with van der Waals surface area (Å²) in [5.41, 5.74) is 3.88. The van der Waals surface area contributed by atoms with Crippen LogP contribution in [0.4, 0.5) is 0 Å². The van der Waals surface area contributed by atoms with Crippen LogP contribution >= 0.6 is 23.2 Å². The van der Waals surface area contributed by atoms with Gasteiger partial charge in [0, 0.05) is 17.4 Å². The van der Waals surface area contributed by atoms with Gasteiger partial charge < -0.3 is 23.3 Å². The summed E-state index contributed by atoms with van der Waals surface area (Å²) in [5, 5.41) is 9.31. The number of carbonyl (C=O) groups is 1. The Balaban J connectivity index is 0.000000162. The van der Waals surface area contributed by atoms with Crippen LogP contribution in [-0.4, -0.2) is 37.9 Å². The molecule has 2 aromatic carbocycles. The van der Waals surface area contributed by atoms with E-state index >= 15 is 0 Å². The SMILES string of the molecule is CO/C=C/c1c(-c2c(Cl)cccc2OC)noc1C1CC1.COc1cccc(Cl)c1-c1noc(C2CC2)c1C=O. The topological polar surface area (TPSA) is 96.8 Å². The molecule has 0 amide bonds. The van der Waals surface area contributed by atoms with E-state index in [1.54, 1.807) is 45.8 Å². The van der Waals surface area contributed by atoms with Crippen LogP contribution in [0.2, 0.25) is 10.0 Å². The van der Waals surface area contributed by atoms with Gasteiger partial charge in [0.15, 0.2) is 12.0 Å². The molecule has 2 aliphatic rings. The number of aldehydes is 1. The standard InChI is InChI=1S/C16H16ClNO3.C14H12ClNO3/c1-19-9-8-11-15(18-21-16(11)10-6-7-10)14-12(17)4-3-5-13(14)20-2;1-18-11-4-2-3-10(15)12(11)13-9(7-17)14(19-16-13)8-5-6-8/h3-5,8-10H,6-7H2,1-2H3;2-4,7-8H,5-6H2,1H3/b9-8+;. The van der Waals surface area contributed by atoms with E-state index in [2.05, 4.69) is 10.3 Å². The molecular weight excluding hydrogens is 555 g/mol. The molecule has 0 spiro atoms. The Kier molecular flexibility index (Phi) is 8.47. The number of ether oxygens (including phenoxy) is 3. The third kappa shape index (κ3) is 5.60. The largest absolute Gasteiger partial charge is 0.504 e. The van der Waals surface area contributed by atoms with Gasteiger partial charge in [-0.05, 0) is 56.0 Å². The van der Waals surface area contributed by atoms with Gasteiger partial charge in [-0.3, -0.25) is 4.79 Å². The second-order valence-electron chi connectivity index (χ2n) is 9.46. The maximum Gasteiger partial charge on any atom is 0.155 e. The second-order valence-corrected chi connectivity index (χ2v) is 10.3. The normalized spacial score (nSPS) is 14.5. The summed E-state index contributed by atoms with van der Waals surface area (Å²) in [6, 6.07) is 10.8. The van der Waals surface area contributed by atoms with Crippen LogP contribution in [0, 0.1) is 0 Å². The first-order valence-electron chi connectivity index (χ1n) is 12.8. The van der Waals surface area contributed by atoms with Crippen LogP contribution in [0.1, 0.15) is 65.0 Å². The van der Waals surface area contributed by atoms with Crippen molar-refractivity contribution in [2.75, 3.05) is 21.3 Å². The third-order valence-corrected chi connectivity index (χ3v) is 7.39. The lowest BCUT2D eigenvalue weighted by atomic mass is 10.0. The molecule has 40 heavy (non-hydrogen) atoms. The van der Waals surface area contributed by atoms with Crippen molar-refractivity contribution in [3.63, 3.8) is 0 Å². The molecule has 4 aromatic rings. The van der Waals surface area contributed by atoms with Crippen molar-refractivity contribution >= 4 is 35.6 Å². The first-order valence-corrected chi connectivity index (χ1v) is 13.6. The van der Waals surface area contributed by atoms with E-state index in [0.717, 1.165) is 48.9 Å². The summed E-state index contributed by atoms with van der Waals surface area (Å²) < 4.78 is 26.6. The molecule has 2 heterocycles. The van der Waals surface area contributed by atoms with E-state index in [1.165, 1.54) is 0 Å². The molecule has 208 valence electrons. The first-order chi connectivity index (χ1) is 19.5. The average molecular weight is 583 g/mol. The highest BCUT2D eigenvalue weighted by molar-refractivity contribution is 6.34. The maximum absolute atomic E-state index is 11.3. The molecular formula is C30H28Cl2N2O6. The van der Waals surface area contributed by atoms with Crippen LogP contribution in [0.3, 0.4) is 0 Å². The molecule has 2 aliphatic carbocycles. The monoisotopic (exact) mass is 582 g/mol. The molecule has 0 saturated heterocycles. The average Bonchev–Trinajstić information content (AvgIpc) is 3.91. The number of methoxy groups -OCH3 is 3. The summed E-state index contributed by atoms with van der Waals surface area (Å²) in [4.78, 5) is 11.3. The highest BCUT2D eigenvalue weighted by Crippen LogP contribution is 2.47. The zero-order valence-corrected chi connectivity index (χ0v) is 23.8. The van der Waals surface area contributed by atoms with Crippen LogP contribution in [0.15, 0.2) is 51.7 Å². The van der Waals surface area contributed by atoms with Gasteiger partial charge in [0.25, 0.3) is 0 Å². The molecule has 0 bridgehead atoms. The van der Waals surface area contributed by atoms with Crippen LogP contribution in [0.5, 0.6) is 11.5 Å². The maximum atomic E-state index is 11.3. The number of aromatic nitrogens is 2. The van der Waals surface area contributed by atoms with E-state index in [9.17, 15) is 4.79 Å². The first kappa shape index (κ1) is 27.8. The number of hydrogen-bond donors (Lipinski definition) is 0. The minimum Gasteiger partial charge on any atom is -0.504 e. The summed E-state index contributed by atoms with van der Waals surface area (Å²) >= 11 is 12.5. The Morgan fingerprint density at radius 2 is 1.25 bits per heavy atom. The van der Waals surface area contributed by atoms with Gasteiger partial charge >= 0.3 is 0 Å². The third-order valence-electron chi connectivity index (χ3n) is 6.76. The van der Waals surface area contributed by atoms with Crippen LogP contribution in [-0.2, 0) is 4.74 Å². The predicted molar refractivity (Wildman–Crippen MR) is 152 cm³/mol. The number of hydrogen-bond acceptors (Lipinski definition) is 8. The Bertz CT molecular complexity index is 1540. The molecule has 0 unspecified atom stereocenters. The fourth-order valence-electron chi connectivity index (χ4n) is 4.48. The molecule has 2 aromatic heterocycles. The van der Waals surface area contributed by atoms with Gasteiger partial charge in [-0.15, -0.1) is 0 Å². The van der Waals surface area contributed by atoms with E-state index in [0.29, 0.717) is 61.7 Å². The lowest BCUT2D eigenvalue weighted by Crippen LogP contribution is -1.93. The van der Waals surface area contributed by atoms with Crippen molar-refractivity contribution in [1.29, 1.82) is 0 Å². The summed E-state index contributed by atoms with van der Waals surface area (Å²) in [6.45, 7) is 0. The lowest BCUT2D eigenvalue weighted by molar-refractivity contribution is 0.112. The fourth-order valence-corrected chi connectivity index (χ4v) is 4.99. The second kappa shape index (κ2) is 12.2. The molecule has 0 aliphatic heterocycles. The summed E-state index contributed by atoms with van der Waals surface area (Å²) in [6.07, 6.45) is 8.59. The summed E-state index contributed by atoms with van der Waals surface area (Å²) in [7, 11) is 4.77. The smallest absolute Gasteiger partial charge is 0.155 e. The minimum atomic E-state index is 0.315. The molecule has 0 N–H and O–H groups in total. The van der Waals surface area contributed by atoms with Crippen molar-refractivity contribution in [2.45, 2.75) is 37.5 Å². The summed E-state index contributed by atoms with van der Waals surface area (Å²) in [5.74, 6) is 3.55. The quantitative estimate of drug-likeness (QED) is 0.144. The van der Waals surface area contributed by atoms with Crippen molar-refractivity contribution in [3.05, 3.63) is 75.4 Å². The highest BCUT2D eigenvalue weighted by atomic mass is 35.5. The predicted octanol–water partition coefficient (Wildman–Crippen LogP) is 8.19. The van der Waals surface area contributed by atoms with Crippen LogP contribution in [0.25, 0.3) is 28.6 Å². The fraction of sp³-hybridized carbons (Fsp3) is 0.300. The van der Waals surface area contributed by atoms with Gasteiger partial charge in [0.05, 0.1) is 54.3 Å². The Labute approximate surface area is 241 Å².